The fraction of sp³-hybridized carbons (Fsp3) is 0.316. The van der Waals surface area contributed by atoms with Crippen LogP contribution in [0.4, 0.5) is 14.9 Å². The van der Waals surface area contributed by atoms with Gasteiger partial charge in [0.1, 0.15) is 12.4 Å². The number of aliphatic hydroxyl groups is 1. The smallest absolute Gasteiger partial charge is 0.412 e. The van der Waals surface area contributed by atoms with E-state index in [1.165, 1.54) is 6.07 Å². The number of hydrogen-bond acceptors (Lipinski definition) is 4. The molecular formula is C19H20FIN2O3. The first kappa shape index (κ1) is 19.1. The van der Waals surface area contributed by atoms with Gasteiger partial charge in [-0.15, -0.1) is 0 Å². The average Bonchev–Trinajstić information content (AvgIpc) is 3.46. The summed E-state index contributed by atoms with van der Waals surface area (Å²) in [5.41, 5.74) is 1.37. The maximum absolute atomic E-state index is 14.4. The van der Waals surface area contributed by atoms with E-state index in [0.29, 0.717) is 21.7 Å². The number of rotatable bonds is 7. The normalized spacial score (nSPS) is 14.7. The highest BCUT2D eigenvalue weighted by Crippen LogP contribution is 2.27. The van der Waals surface area contributed by atoms with Gasteiger partial charge in [-0.2, -0.15) is 0 Å². The highest BCUT2D eigenvalue weighted by Gasteiger charge is 2.22. The molecule has 0 aliphatic heterocycles. The van der Waals surface area contributed by atoms with Crippen molar-refractivity contribution in [3.8, 4) is 0 Å². The first-order valence-electron chi connectivity index (χ1n) is 8.41. The van der Waals surface area contributed by atoms with E-state index >= 15 is 0 Å². The van der Waals surface area contributed by atoms with Gasteiger partial charge < -0.3 is 15.2 Å². The lowest BCUT2D eigenvalue weighted by molar-refractivity contribution is 0.155. The molecule has 0 radical (unpaired) electrons. The molecule has 1 amide bonds. The average molecular weight is 470 g/mol. The standard InChI is InChI=1S/C19H20FIN2O3/c20-15-8-13(17(24)10-22-14-6-7-14)9-16(21)18(15)23-19(25)26-11-12-4-2-1-3-5-12/h1-5,8-9,14,17,22,24H,6-7,10-11H2,(H,23,25). The van der Waals surface area contributed by atoms with Gasteiger partial charge in [-0.3, -0.25) is 5.32 Å². The van der Waals surface area contributed by atoms with Gasteiger partial charge in [-0.1, -0.05) is 30.3 Å². The van der Waals surface area contributed by atoms with Gasteiger partial charge >= 0.3 is 6.09 Å². The van der Waals surface area contributed by atoms with Crippen molar-refractivity contribution in [2.24, 2.45) is 0 Å². The van der Waals surface area contributed by atoms with E-state index in [1.54, 1.807) is 6.07 Å². The van der Waals surface area contributed by atoms with Gasteiger partial charge in [0.15, 0.2) is 0 Å². The van der Waals surface area contributed by atoms with E-state index in [-0.39, 0.29) is 12.3 Å². The van der Waals surface area contributed by atoms with Crippen molar-refractivity contribution in [1.82, 2.24) is 5.32 Å². The van der Waals surface area contributed by atoms with Gasteiger partial charge in [-0.05, 0) is 58.7 Å². The lowest BCUT2D eigenvalue weighted by atomic mass is 10.1. The molecule has 2 aromatic carbocycles. The Morgan fingerprint density at radius 1 is 1.31 bits per heavy atom. The second-order valence-electron chi connectivity index (χ2n) is 6.24. The second kappa shape index (κ2) is 8.79. The largest absolute Gasteiger partial charge is 0.444 e. The summed E-state index contributed by atoms with van der Waals surface area (Å²) in [6.45, 7) is 0.487. The van der Waals surface area contributed by atoms with Crippen LogP contribution in [0, 0.1) is 9.39 Å². The fourth-order valence-electron chi connectivity index (χ4n) is 2.45. The fourth-order valence-corrected chi connectivity index (χ4v) is 3.20. The van der Waals surface area contributed by atoms with E-state index in [0.717, 1.165) is 18.4 Å². The molecule has 1 atom stereocenters. The van der Waals surface area contributed by atoms with E-state index < -0.39 is 18.0 Å². The first-order chi connectivity index (χ1) is 12.5. The zero-order valence-electron chi connectivity index (χ0n) is 14.0. The summed E-state index contributed by atoms with van der Waals surface area (Å²) in [7, 11) is 0. The van der Waals surface area contributed by atoms with Crippen LogP contribution in [0.2, 0.25) is 0 Å². The second-order valence-corrected chi connectivity index (χ2v) is 7.41. The third-order valence-electron chi connectivity index (χ3n) is 4.07. The quantitative estimate of drug-likeness (QED) is 0.536. The number of benzene rings is 2. The van der Waals surface area contributed by atoms with Crippen LogP contribution in [0.5, 0.6) is 0 Å². The third-order valence-corrected chi connectivity index (χ3v) is 4.92. The summed E-state index contributed by atoms with van der Waals surface area (Å²) in [5.74, 6) is -0.603. The molecule has 0 aromatic heterocycles. The van der Waals surface area contributed by atoms with E-state index in [4.69, 9.17) is 4.74 Å². The SMILES string of the molecule is O=C(Nc1c(F)cc(C(O)CNC2CC2)cc1I)OCc1ccccc1. The van der Waals surface area contributed by atoms with Crippen LogP contribution in [0.25, 0.3) is 0 Å². The minimum atomic E-state index is -0.794. The monoisotopic (exact) mass is 470 g/mol. The van der Waals surface area contributed by atoms with E-state index in [9.17, 15) is 14.3 Å². The molecule has 1 aliphatic rings. The number of aliphatic hydroxyl groups excluding tert-OH is 1. The minimum absolute atomic E-state index is 0.0507. The first-order valence-corrected chi connectivity index (χ1v) is 9.49. The molecule has 138 valence electrons. The predicted molar refractivity (Wildman–Crippen MR) is 105 cm³/mol. The van der Waals surface area contributed by atoms with Crippen molar-refractivity contribution in [3.05, 3.63) is 63.0 Å². The number of anilines is 1. The van der Waals surface area contributed by atoms with E-state index in [1.807, 2.05) is 52.9 Å². The lowest BCUT2D eigenvalue weighted by Crippen LogP contribution is -2.23. The van der Waals surface area contributed by atoms with Gasteiger partial charge in [0.2, 0.25) is 0 Å². The molecule has 1 fully saturated rings. The summed E-state index contributed by atoms with van der Waals surface area (Å²) >= 11 is 1.93. The molecule has 3 N–H and O–H groups in total. The Balaban J connectivity index is 1.59. The summed E-state index contributed by atoms with van der Waals surface area (Å²) < 4.78 is 20.0. The van der Waals surface area contributed by atoms with Crippen molar-refractivity contribution in [1.29, 1.82) is 0 Å². The summed E-state index contributed by atoms with van der Waals surface area (Å²) in [6, 6.07) is 12.6. The Bertz CT molecular complexity index is 746. The molecule has 2 aromatic rings. The number of nitrogens with one attached hydrogen (secondary N) is 2. The van der Waals surface area contributed by atoms with Crippen LogP contribution in [0.15, 0.2) is 42.5 Å². The molecular weight excluding hydrogens is 450 g/mol. The van der Waals surface area contributed by atoms with Crippen molar-refractivity contribution < 1.29 is 19.0 Å². The van der Waals surface area contributed by atoms with Crippen molar-refractivity contribution in [2.75, 3.05) is 11.9 Å². The van der Waals surface area contributed by atoms with Crippen LogP contribution in [0.3, 0.4) is 0 Å². The highest BCUT2D eigenvalue weighted by atomic mass is 127. The third kappa shape index (κ3) is 5.39. The Labute approximate surface area is 165 Å². The van der Waals surface area contributed by atoms with Gasteiger partial charge in [-0.25, -0.2) is 9.18 Å². The minimum Gasteiger partial charge on any atom is -0.444 e. The van der Waals surface area contributed by atoms with Crippen LogP contribution in [0.1, 0.15) is 30.1 Å². The van der Waals surface area contributed by atoms with Crippen LogP contribution < -0.4 is 10.6 Å². The summed E-state index contributed by atoms with van der Waals surface area (Å²) in [5, 5.41) is 15.8. The Morgan fingerprint density at radius 3 is 2.69 bits per heavy atom. The van der Waals surface area contributed by atoms with Crippen molar-refractivity contribution in [3.63, 3.8) is 0 Å². The number of ether oxygens (including phenoxy) is 1. The highest BCUT2D eigenvalue weighted by molar-refractivity contribution is 14.1. The zero-order chi connectivity index (χ0) is 18.5. The lowest BCUT2D eigenvalue weighted by Gasteiger charge is -2.15. The van der Waals surface area contributed by atoms with Crippen molar-refractivity contribution in [2.45, 2.75) is 31.6 Å². The van der Waals surface area contributed by atoms with Crippen LogP contribution >= 0.6 is 22.6 Å². The summed E-state index contributed by atoms with van der Waals surface area (Å²) in [4.78, 5) is 11.9. The molecule has 3 rings (SSSR count). The number of carbonyl (C=O) groups excluding carboxylic acids is 1. The Morgan fingerprint density at radius 2 is 2.04 bits per heavy atom. The summed E-state index contributed by atoms with van der Waals surface area (Å²) in [6.07, 6.45) is 0.714. The molecule has 26 heavy (non-hydrogen) atoms. The van der Waals surface area contributed by atoms with Crippen LogP contribution in [-0.2, 0) is 11.3 Å². The van der Waals surface area contributed by atoms with Crippen LogP contribution in [-0.4, -0.2) is 23.8 Å². The molecule has 1 saturated carbocycles. The molecule has 1 aliphatic carbocycles. The predicted octanol–water partition coefficient (Wildman–Crippen LogP) is 3.96. The number of carbonyl (C=O) groups is 1. The Hall–Kier alpha value is -1.71. The Kier molecular flexibility index (Phi) is 6.44. The molecule has 1 unspecified atom stereocenters. The molecule has 7 heteroatoms. The molecule has 5 nitrogen and oxygen atoms in total. The number of amides is 1. The molecule has 0 heterocycles. The maximum Gasteiger partial charge on any atom is 0.412 e. The van der Waals surface area contributed by atoms with E-state index in [2.05, 4.69) is 10.6 Å². The molecule has 0 spiro atoms. The topological polar surface area (TPSA) is 70.6 Å². The number of halogens is 2. The molecule has 0 bridgehead atoms. The molecule has 0 saturated heterocycles. The van der Waals surface area contributed by atoms with Gasteiger partial charge in [0.25, 0.3) is 0 Å². The van der Waals surface area contributed by atoms with Crippen molar-refractivity contribution >= 4 is 34.4 Å². The zero-order valence-corrected chi connectivity index (χ0v) is 16.2. The maximum atomic E-state index is 14.4. The number of hydrogen-bond donors (Lipinski definition) is 3. The van der Waals surface area contributed by atoms with Gasteiger partial charge in [0.05, 0.1) is 11.8 Å². The van der Waals surface area contributed by atoms with Gasteiger partial charge in [0, 0.05) is 16.2 Å².